The summed E-state index contributed by atoms with van der Waals surface area (Å²) in [6.45, 7) is 0. The highest BCUT2D eigenvalue weighted by Gasteiger charge is 2.02. The van der Waals surface area contributed by atoms with Gasteiger partial charge in [0.2, 0.25) is 0 Å². The number of rotatable bonds is 3. The summed E-state index contributed by atoms with van der Waals surface area (Å²) < 4.78 is 13.4. The minimum Gasteiger partial charge on any atom is -0.351 e. The van der Waals surface area contributed by atoms with Gasteiger partial charge in [0.05, 0.1) is 11.6 Å². The Morgan fingerprint density at radius 2 is 1.91 bits per heavy atom. The van der Waals surface area contributed by atoms with E-state index in [4.69, 9.17) is 5.26 Å². The monoisotopic (exact) mass is 290 g/mol. The Bertz CT molecular complexity index is 762. The Hall–Kier alpha value is -3.04. The van der Waals surface area contributed by atoms with E-state index in [0.29, 0.717) is 17.7 Å². The van der Waals surface area contributed by atoms with E-state index >= 15 is 0 Å². The fraction of sp³-hybridized carbons (Fsp3) is 0.105. The highest BCUT2D eigenvalue weighted by molar-refractivity contribution is 5.53. The molecule has 22 heavy (non-hydrogen) atoms. The molecule has 0 fully saturated rings. The summed E-state index contributed by atoms with van der Waals surface area (Å²) in [7, 11) is 1.80. The Labute approximate surface area is 130 Å². The molecule has 108 valence electrons. The normalized spacial score (nSPS) is 9.86. The molecule has 0 unspecified atom stereocenters. The van der Waals surface area contributed by atoms with Gasteiger partial charge in [0.15, 0.2) is 0 Å². The van der Waals surface area contributed by atoms with Crippen LogP contribution in [0.25, 0.3) is 0 Å². The lowest BCUT2D eigenvalue weighted by atomic mass is 10.2. The number of hydrogen-bond donors (Lipinski definition) is 0. The van der Waals surface area contributed by atoms with E-state index in [1.165, 1.54) is 12.1 Å². The first kappa shape index (κ1) is 15.4. The molecule has 0 radical (unpaired) electrons. The second-order valence-corrected chi connectivity index (χ2v) is 4.68. The number of benzene rings is 2. The third-order valence-electron chi connectivity index (χ3n) is 2.97. The lowest BCUT2D eigenvalue weighted by Crippen LogP contribution is -2.08. The van der Waals surface area contributed by atoms with Gasteiger partial charge < -0.3 is 4.90 Å². The number of nitrogens with zero attached hydrogens (tertiary/aromatic N) is 2. The summed E-state index contributed by atoms with van der Waals surface area (Å²) >= 11 is 0. The molecule has 0 atom stereocenters. The van der Waals surface area contributed by atoms with Crippen LogP contribution in [0.5, 0.6) is 0 Å². The molecule has 3 heteroatoms. The van der Waals surface area contributed by atoms with Crippen molar-refractivity contribution in [2.75, 3.05) is 11.9 Å². The molecule has 2 aromatic carbocycles. The first-order valence-electron chi connectivity index (χ1n) is 6.83. The van der Waals surface area contributed by atoms with Gasteiger partial charge in [-0.3, -0.25) is 0 Å². The number of halogens is 1. The van der Waals surface area contributed by atoms with Gasteiger partial charge in [0.25, 0.3) is 0 Å². The van der Waals surface area contributed by atoms with E-state index in [-0.39, 0.29) is 0 Å². The number of nitriles is 1. The van der Waals surface area contributed by atoms with Crippen LogP contribution in [0.3, 0.4) is 0 Å². The molecule has 0 aliphatic rings. The zero-order valence-corrected chi connectivity index (χ0v) is 12.3. The maximum absolute atomic E-state index is 13.4. The van der Waals surface area contributed by atoms with Gasteiger partial charge in [-0.05, 0) is 30.3 Å². The van der Waals surface area contributed by atoms with Crippen LogP contribution in [-0.2, 0) is 0 Å². The second-order valence-electron chi connectivity index (χ2n) is 4.68. The molecular weight excluding hydrogens is 275 g/mol. The molecular formula is C19H15FN2. The van der Waals surface area contributed by atoms with Crippen LogP contribution < -0.4 is 4.90 Å². The van der Waals surface area contributed by atoms with Gasteiger partial charge in [-0.25, -0.2) is 4.39 Å². The maximum atomic E-state index is 13.4. The molecule has 0 bridgehead atoms. The van der Waals surface area contributed by atoms with Gasteiger partial charge in [-0.15, -0.1) is 0 Å². The lowest BCUT2D eigenvalue weighted by molar-refractivity contribution is 0.627. The molecule has 2 aromatic rings. The van der Waals surface area contributed by atoms with Crippen molar-refractivity contribution in [1.29, 1.82) is 5.26 Å². The molecule has 0 spiro atoms. The van der Waals surface area contributed by atoms with Gasteiger partial charge in [0.1, 0.15) is 5.82 Å². The molecule has 0 heterocycles. The van der Waals surface area contributed by atoms with Crippen LogP contribution in [-0.4, -0.2) is 7.05 Å². The molecule has 0 saturated carbocycles. The number of hydrogen-bond acceptors (Lipinski definition) is 2. The Morgan fingerprint density at radius 1 is 1.14 bits per heavy atom. The van der Waals surface area contributed by atoms with E-state index < -0.39 is 5.82 Å². The molecule has 0 N–H and O–H groups in total. The van der Waals surface area contributed by atoms with Crippen LogP contribution in [0, 0.1) is 29.0 Å². The van der Waals surface area contributed by atoms with Crippen LogP contribution >= 0.6 is 0 Å². The standard InChI is InChI=1S/C19H15FN2/c1-22(19-13-17(15-21)12-18(20)14-19)11-7-3-6-10-16-8-4-2-5-9-16/h2,4-5,7-9,11-14H,3H2,1H3/b11-7-. The predicted octanol–water partition coefficient (Wildman–Crippen LogP) is 4.09. The molecule has 2 nitrogen and oxygen atoms in total. The molecule has 2 rings (SSSR count). The SMILES string of the molecule is CN(/C=C\CC#Cc1ccccc1)c1cc(F)cc(C#N)c1. The van der Waals surface area contributed by atoms with Crippen molar-refractivity contribution < 1.29 is 4.39 Å². The third-order valence-corrected chi connectivity index (χ3v) is 2.97. The summed E-state index contributed by atoms with van der Waals surface area (Å²) in [5, 5.41) is 8.85. The largest absolute Gasteiger partial charge is 0.351 e. The van der Waals surface area contributed by atoms with Gasteiger partial charge >= 0.3 is 0 Å². The topological polar surface area (TPSA) is 27.0 Å². The number of allylic oxidation sites excluding steroid dienone is 1. The Morgan fingerprint density at radius 3 is 2.64 bits per heavy atom. The molecule has 0 aliphatic heterocycles. The van der Waals surface area contributed by atoms with Crippen LogP contribution in [0.4, 0.5) is 10.1 Å². The van der Waals surface area contributed by atoms with Crippen molar-refractivity contribution >= 4 is 5.69 Å². The summed E-state index contributed by atoms with van der Waals surface area (Å²) in [6, 6.07) is 16.0. The summed E-state index contributed by atoms with van der Waals surface area (Å²) in [5.41, 5.74) is 1.91. The van der Waals surface area contributed by atoms with Crippen molar-refractivity contribution in [3.8, 4) is 17.9 Å². The van der Waals surface area contributed by atoms with Gasteiger partial charge in [-0.2, -0.15) is 5.26 Å². The highest BCUT2D eigenvalue weighted by atomic mass is 19.1. The maximum Gasteiger partial charge on any atom is 0.126 e. The molecule has 0 amide bonds. The van der Waals surface area contributed by atoms with E-state index in [2.05, 4.69) is 11.8 Å². The Kier molecular flexibility index (Phi) is 5.35. The molecule has 0 saturated heterocycles. The first-order chi connectivity index (χ1) is 10.7. The van der Waals surface area contributed by atoms with Crippen molar-refractivity contribution in [2.45, 2.75) is 6.42 Å². The van der Waals surface area contributed by atoms with Crippen molar-refractivity contribution in [1.82, 2.24) is 0 Å². The smallest absolute Gasteiger partial charge is 0.126 e. The average molecular weight is 290 g/mol. The van der Waals surface area contributed by atoms with E-state index in [0.717, 1.165) is 5.56 Å². The molecule has 0 aliphatic carbocycles. The van der Waals surface area contributed by atoms with Crippen LogP contribution in [0.1, 0.15) is 17.5 Å². The fourth-order valence-electron chi connectivity index (χ4n) is 1.87. The number of anilines is 1. The van der Waals surface area contributed by atoms with Gasteiger partial charge in [0, 0.05) is 30.9 Å². The first-order valence-corrected chi connectivity index (χ1v) is 6.83. The van der Waals surface area contributed by atoms with Crippen LogP contribution in [0.2, 0.25) is 0 Å². The third kappa shape index (κ3) is 4.51. The summed E-state index contributed by atoms with van der Waals surface area (Å²) in [4.78, 5) is 1.76. The zero-order valence-electron chi connectivity index (χ0n) is 12.3. The van der Waals surface area contributed by atoms with E-state index in [1.807, 2.05) is 48.7 Å². The van der Waals surface area contributed by atoms with Crippen molar-refractivity contribution in [2.24, 2.45) is 0 Å². The van der Waals surface area contributed by atoms with Crippen LogP contribution in [0.15, 0.2) is 60.8 Å². The average Bonchev–Trinajstić information content (AvgIpc) is 2.54. The second kappa shape index (κ2) is 7.67. The fourth-order valence-corrected chi connectivity index (χ4v) is 1.87. The summed E-state index contributed by atoms with van der Waals surface area (Å²) in [5.74, 6) is 5.70. The minimum absolute atomic E-state index is 0.305. The zero-order chi connectivity index (χ0) is 15.8. The lowest BCUT2D eigenvalue weighted by Gasteiger charge is -2.14. The Balaban J connectivity index is 1.98. The van der Waals surface area contributed by atoms with Crippen molar-refractivity contribution in [3.63, 3.8) is 0 Å². The minimum atomic E-state index is -0.418. The highest BCUT2D eigenvalue weighted by Crippen LogP contribution is 2.17. The molecule has 0 aromatic heterocycles. The van der Waals surface area contributed by atoms with E-state index in [9.17, 15) is 4.39 Å². The predicted molar refractivity (Wildman–Crippen MR) is 86.6 cm³/mol. The van der Waals surface area contributed by atoms with E-state index in [1.54, 1.807) is 18.0 Å². The quantitative estimate of drug-likeness (QED) is 0.796. The summed E-state index contributed by atoms with van der Waals surface area (Å²) in [6.07, 6.45) is 4.31. The van der Waals surface area contributed by atoms with Gasteiger partial charge in [-0.1, -0.05) is 36.1 Å². The van der Waals surface area contributed by atoms with Crippen molar-refractivity contribution in [3.05, 3.63) is 77.8 Å².